The summed E-state index contributed by atoms with van der Waals surface area (Å²) in [6, 6.07) is -0.594. The van der Waals surface area contributed by atoms with Crippen LogP contribution < -0.4 is 10.0 Å². The second kappa shape index (κ2) is 7.38. The third-order valence-electron chi connectivity index (χ3n) is 5.85. The molecule has 1 saturated carbocycles. The van der Waals surface area contributed by atoms with Crippen LogP contribution in [-0.4, -0.2) is 72.5 Å². The number of nitrogens with one attached hydrogen (secondary N) is 2. The Morgan fingerprint density at radius 1 is 1.19 bits per heavy atom. The topological polar surface area (TPSA) is 116 Å². The minimum absolute atomic E-state index is 0.00110. The van der Waals surface area contributed by atoms with E-state index in [1.54, 1.807) is 13.8 Å². The van der Waals surface area contributed by atoms with Gasteiger partial charge in [-0.25, -0.2) is 17.9 Å². The van der Waals surface area contributed by atoms with Gasteiger partial charge in [-0.1, -0.05) is 12.8 Å². The molecule has 0 aromatic rings. The van der Waals surface area contributed by atoms with Gasteiger partial charge >= 0.3 is 6.03 Å². The standard InChI is InChI=1S/C17H28N4O5S/c1-17(2)15(23)18-16(24)21(17)11-14(22)20-9-5-8-13(10-20)27(25,26)19-12-6-3-4-7-12/h12-13,19H,3-11H2,1-2H3,(H,18,23,24)/t13-/m0/s1. The van der Waals surface area contributed by atoms with Gasteiger partial charge in [-0.15, -0.1) is 0 Å². The summed E-state index contributed by atoms with van der Waals surface area (Å²) in [6.07, 6.45) is 4.91. The van der Waals surface area contributed by atoms with Crippen molar-refractivity contribution in [1.82, 2.24) is 19.8 Å². The van der Waals surface area contributed by atoms with Crippen molar-refractivity contribution in [3.63, 3.8) is 0 Å². The number of piperidine rings is 1. The van der Waals surface area contributed by atoms with E-state index in [4.69, 9.17) is 0 Å². The first-order valence-electron chi connectivity index (χ1n) is 9.53. The summed E-state index contributed by atoms with van der Waals surface area (Å²) in [5.41, 5.74) is -1.10. The number of sulfonamides is 1. The van der Waals surface area contributed by atoms with Gasteiger partial charge in [-0.3, -0.25) is 14.9 Å². The molecular weight excluding hydrogens is 372 g/mol. The second-order valence-corrected chi connectivity index (χ2v) is 10.1. The number of carbonyl (C=O) groups is 3. The zero-order valence-electron chi connectivity index (χ0n) is 15.9. The van der Waals surface area contributed by atoms with Crippen LogP contribution in [0.3, 0.4) is 0 Å². The lowest BCUT2D eigenvalue weighted by molar-refractivity contribution is -0.134. The lowest BCUT2D eigenvalue weighted by Gasteiger charge is -2.35. The van der Waals surface area contributed by atoms with Crippen LogP contribution >= 0.6 is 0 Å². The lowest BCUT2D eigenvalue weighted by Crippen LogP contribution is -2.54. The molecule has 0 bridgehead atoms. The van der Waals surface area contributed by atoms with E-state index >= 15 is 0 Å². The van der Waals surface area contributed by atoms with Gasteiger partial charge in [0.1, 0.15) is 12.1 Å². The number of likely N-dealkylation sites (tertiary alicyclic amines) is 1. The van der Waals surface area contributed by atoms with E-state index in [-0.39, 0.29) is 25.0 Å². The van der Waals surface area contributed by atoms with Crippen molar-refractivity contribution in [3.8, 4) is 0 Å². The fourth-order valence-electron chi connectivity index (χ4n) is 3.99. The van der Waals surface area contributed by atoms with Crippen molar-refractivity contribution >= 4 is 27.9 Å². The Kier molecular flexibility index (Phi) is 5.49. The molecule has 2 aliphatic heterocycles. The summed E-state index contributed by atoms with van der Waals surface area (Å²) in [5.74, 6) is -0.783. The Morgan fingerprint density at radius 3 is 2.44 bits per heavy atom. The van der Waals surface area contributed by atoms with Gasteiger partial charge in [-0.05, 0) is 39.5 Å². The van der Waals surface area contributed by atoms with Gasteiger partial charge in [0.05, 0.1) is 5.25 Å². The maximum atomic E-state index is 12.7. The van der Waals surface area contributed by atoms with Crippen LogP contribution in [0.5, 0.6) is 0 Å². The smallest absolute Gasteiger partial charge is 0.325 e. The molecule has 3 rings (SSSR count). The zero-order chi connectivity index (χ0) is 19.8. The number of carbonyl (C=O) groups excluding carboxylic acids is 3. The Labute approximate surface area is 159 Å². The van der Waals surface area contributed by atoms with E-state index in [9.17, 15) is 22.8 Å². The highest BCUT2D eigenvalue weighted by Crippen LogP contribution is 2.24. The Hall–Kier alpha value is -1.68. The summed E-state index contributed by atoms with van der Waals surface area (Å²) in [4.78, 5) is 39.2. The van der Waals surface area contributed by atoms with Crippen molar-refractivity contribution in [1.29, 1.82) is 0 Å². The summed E-state index contributed by atoms with van der Waals surface area (Å²) < 4.78 is 28.2. The number of hydrogen-bond acceptors (Lipinski definition) is 5. The van der Waals surface area contributed by atoms with Crippen LogP contribution in [0.2, 0.25) is 0 Å². The molecule has 3 fully saturated rings. The zero-order valence-corrected chi connectivity index (χ0v) is 16.7. The molecule has 10 heteroatoms. The van der Waals surface area contributed by atoms with Crippen molar-refractivity contribution in [2.45, 2.75) is 69.2 Å². The van der Waals surface area contributed by atoms with Gasteiger partial charge in [0.2, 0.25) is 15.9 Å². The number of rotatable bonds is 5. The third-order valence-corrected chi connectivity index (χ3v) is 7.77. The SMILES string of the molecule is CC1(C)C(=O)NC(=O)N1CC(=O)N1CCC[C@H](S(=O)(=O)NC2CCCC2)C1. The van der Waals surface area contributed by atoms with Crippen LogP contribution in [0.1, 0.15) is 52.4 Å². The molecule has 0 aromatic heterocycles. The highest BCUT2D eigenvalue weighted by molar-refractivity contribution is 7.90. The Balaban J connectivity index is 1.62. The maximum absolute atomic E-state index is 12.7. The summed E-state index contributed by atoms with van der Waals surface area (Å²) in [5, 5.41) is 1.57. The summed E-state index contributed by atoms with van der Waals surface area (Å²) >= 11 is 0. The minimum Gasteiger partial charge on any atom is -0.340 e. The quantitative estimate of drug-likeness (QED) is 0.638. The summed E-state index contributed by atoms with van der Waals surface area (Å²) in [6.45, 7) is 3.49. The van der Waals surface area contributed by atoms with Crippen molar-refractivity contribution < 1.29 is 22.8 Å². The molecule has 3 aliphatic rings. The maximum Gasteiger partial charge on any atom is 0.325 e. The highest BCUT2D eigenvalue weighted by Gasteiger charge is 2.47. The van der Waals surface area contributed by atoms with Crippen LogP contribution in [0, 0.1) is 0 Å². The molecule has 2 saturated heterocycles. The van der Waals surface area contributed by atoms with Gasteiger partial charge in [0.25, 0.3) is 5.91 Å². The molecule has 2 heterocycles. The first kappa shape index (κ1) is 20.1. The molecule has 9 nitrogen and oxygen atoms in total. The molecule has 152 valence electrons. The van der Waals surface area contributed by atoms with Crippen molar-refractivity contribution in [2.24, 2.45) is 0 Å². The second-order valence-electron chi connectivity index (χ2n) is 8.15. The number of urea groups is 1. The van der Waals surface area contributed by atoms with E-state index in [0.717, 1.165) is 25.7 Å². The molecule has 0 unspecified atom stereocenters. The van der Waals surface area contributed by atoms with Crippen LogP contribution in [0.25, 0.3) is 0 Å². The van der Waals surface area contributed by atoms with Crippen LogP contribution in [0.4, 0.5) is 4.79 Å². The van der Waals surface area contributed by atoms with E-state index in [1.165, 1.54) is 9.80 Å². The van der Waals surface area contributed by atoms with Gasteiger partial charge in [0, 0.05) is 19.1 Å². The number of amides is 4. The predicted octanol–water partition coefficient (Wildman–Crippen LogP) is 0.170. The molecule has 2 N–H and O–H groups in total. The third kappa shape index (κ3) is 4.11. The van der Waals surface area contributed by atoms with E-state index < -0.39 is 32.8 Å². The Morgan fingerprint density at radius 2 is 1.85 bits per heavy atom. The van der Waals surface area contributed by atoms with Gasteiger partial charge < -0.3 is 9.80 Å². The number of hydrogen-bond donors (Lipinski definition) is 2. The summed E-state index contributed by atoms with van der Waals surface area (Å²) in [7, 11) is -3.49. The van der Waals surface area contributed by atoms with Gasteiger partial charge in [0.15, 0.2) is 0 Å². The Bertz CT molecular complexity index is 730. The van der Waals surface area contributed by atoms with Crippen molar-refractivity contribution in [3.05, 3.63) is 0 Å². The van der Waals surface area contributed by atoms with E-state index in [0.29, 0.717) is 19.4 Å². The van der Waals surface area contributed by atoms with Crippen molar-refractivity contribution in [2.75, 3.05) is 19.6 Å². The van der Waals surface area contributed by atoms with Crippen LogP contribution in [0.15, 0.2) is 0 Å². The predicted molar refractivity (Wildman–Crippen MR) is 98.2 cm³/mol. The molecule has 27 heavy (non-hydrogen) atoms. The molecule has 0 radical (unpaired) electrons. The molecular formula is C17H28N4O5S. The highest BCUT2D eigenvalue weighted by atomic mass is 32.2. The first-order valence-corrected chi connectivity index (χ1v) is 11.1. The first-order chi connectivity index (χ1) is 12.6. The molecule has 1 atom stereocenters. The van der Waals surface area contributed by atoms with Crippen LogP contribution in [-0.2, 0) is 19.6 Å². The molecule has 0 aromatic carbocycles. The largest absolute Gasteiger partial charge is 0.340 e. The van der Waals surface area contributed by atoms with E-state index in [1.807, 2.05) is 0 Å². The van der Waals surface area contributed by atoms with E-state index in [2.05, 4.69) is 10.0 Å². The normalized spacial score (nSPS) is 26.5. The van der Waals surface area contributed by atoms with Gasteiger partial charge in [-0.2, -0.15) is 0 Å². The fourth-order valence-corrected chi connectivity index (χ4v) is 5.73. The average Bonchev–Trinajstić information content (AvgIpc) is 3.17. The average molecular weight is 401 g/mol. The number of imide groups is 1. The lowest BCUT2D eigenvalue weighted by atomic mass is 10.0. The molecule has 0 spiro atoms. The monoisotopic (exact) mass is 400 g/mol. The number of nitrogens with zero attached hydrogens (tertiary/aromatic N) is 2. The minimum atomic E-state index is -3.49. The molecule has 1 aliphatic carbocycles. The fraction of sp³-hybridized carbons (Fsp3) is 0.824. The molecule has 4 amide bonds.